The van der Waals surface area contributed by atoms with E-state index in [0.29, 0.717) is 22.7 Å². The summed E-state index contributed by atoms with van der Waals surface area (Å²) < 4.78 is 2.19. The molecule has 1 N–H and O–H groups in total. The molecule has 1 aromatic carbocycles. The Hall–Kier alpha value is -2.40. The van der Waals surface area contributed by atoms with Crippen molar-refractivity contribution >= 4 is 34.5 Å². The highest BCUT2D eigenvalue weighted by Gasteiger charge is 2.22. The molecule has 1 saturated carbocycles. The summed E-state index contributed by atoms with van der Waals surface area (Å²) in [6.45, 7) is 0. The molecule has 4 rings (SSSR count). The van der Waals surface area contributed by atoms with Gasteiger partial charge in [0.1, 0.15) is 5.15 Å². The number of amides is 1. The van der Waals surface area contributed by atoms with Gasteiger partial charge in [-0.05, 0) is 37.1 Å². The Labute approximate surface area is 151 Å². The Morgan fingerprint density at radius 1 is 1.12 bits per heavy atom. The van der Waals surface area contributed by atoms with E-state index in [9.17, 15) is 4.79 Å². The average molecular weight is 355 g/mol. The van der Waals surface area contributed by atoms with Crippen molar-refractivity contribution in [2.24, 2.45) is 0 Å². The number of rotatable bonds is 3. The lowest BCUT2D eigenvalue weighted by atomic mass is 9.95. The standard InChI is InChI=1S/C19H19ClN4O/c20-17-11-10-13(12-21-17)18(25)23-19-22-15-8-4-5-9-16(15)24(19)14-6-2-1-3-7-14/h4-5,8-12,14H,1-3,6-7H2,(H,22,23,25). The van der Waals surface area contributed by atoms with Crippen LogP contribution in [0.15, 0.2) is 42.6 Å². The molecule has 0 radical (unpaired) electrons. The number of imidazole rings is 1. The van der Waals surface area contributed by atoms with Crippen LogP contribution in [0.25, 0.3) is 11.0 Å². The van der Waals surface area contributed by atoms with Gasteiger partial charge >= 0.3 is 0 Å². The molecule has 0 saturated heterocycles. The van der Waals surface area contributed by atoms with Gasteiger partial charge in [0.2, 0.25) is 5.95 Å². The summed E-state index contributed by atoms with van der Waals surface area (Å²) in [6, 6.07) is 11.7. The molecular weight excluding hydrogens is 336 g/mol. The van der Waals surface area contributed by atoms with E-state index in [4.69, 9.17) is 11.6 Å². The van der Waals surface area contributed by atoms with Gasteiger partial charge in [-0.25, -0.2) is 9.97 Å². The molecule has 3 aromatic rings. The molecule has 2 aromatic heterocycles. The lowest BCUT2D eigenvalue weighted by molar-refractivity contribution is 0.102. The van der Waals surface area contributed by atoms with Gasteiger partial charge in [-0.2, -0.15) is 0 Å². The maximum Gasteiger partial charge on any atom is 0.259 e. The normalized spacial score (nSPS) is 15.4. The topological polar surface area (TPSA) is 59.8 Å². The van der Waals surface area contributed by atoms with Crippen molar-refractivity contribution in [3.05, 3.63) is 53.3 Å². The molecule has 25 heavy (non-hydrogen) atoms. The second kappa shape index (κ2) is 6.84. The number of carbonyl (C=O) groups is 1. The molecule has 0 unspecified atom stereocenters. The maximum absolute atomic E-state index is 12.6. The van der Waals surface area contributed by atoms with Gasteiger partial charge in [0.15, 0.2) is 0 Å². The number of aromatic nitrogens is 3. The third kappa shape index (κ3) is 3.24. The first-order chi connectivity index (χ1) is 12.2. The number of nitrogens with zero attached hydrogens (tertiary/aromatic N) is 3. The molecule has 0 atom stereocenters. The van der Waals surface area contributed by atoms with E-state index in [1.807, 2.05) is 18.2 Å². The zero-order valence-electron chi connectivity index (χ0n) is 13.8. The zero-order valence-corrected chi connectivity index (χ0v) is 14.5. The Bertz CT molecular complexity index is 897. The van der Waals surface area contributed by atoms with Crippen molar-refractivity contribution < 1.29 is 4.79 Å². The summed E-state index contributed by atoms with van der Waals surface area (Å²) in [5.74, 6) is 0.379. The number of anilines is 1. The van der Waals surface area contributed by atoms with Crippen molar-refractivity contribution in [1.29, 1.82) is 0 Å². The van der Waals surface area contributed by atoms with Crippen LogP contribution in [0, 0.1) is 0 Å². The summed E-state index contributed by atoms with van der Waals surface area (Å²) in [5, 5.41) is 3.33. The van der Waals surface area contributed by atoms with Gasteiger partial charge in [0.05, 0.1) is 16.6 Å². The van der Waals surface area contributed by atoms with E-state index in [0.717, 1.165) is 23.9 Å². The third-order valence-corrected chi connectivity index (χ3v) is 4.97. The molecule has 0 bridgehead atoms. The lowest BCUT2D eigenvalue weighted by Gasteiger charge is -2.25. The molecule has 2 heterocycles. The third-order valence-electron chi connectivity index (χ3n) is 4.75. The molecular formula is C19H19ClN4O. The summed E-state index contributed by atoms with van der Waals surface area (Å²) in [6.07, 6.45) is 7.42. The zero-order chi connectivity index (χ0) is 17.2. The molecule has 5 nitrogen and oxygen atoms in total. The second-order valence-corrected chi connectivity index (χ2v) is 6.80. The molecule has 1 fully saturated rings. The number of halogens is 1. The second-order valence-electron chi connectivity index (χ2n) is 6.41. The average Bonchev–Trinajstić information content (AvgIpc) is 3.00. The number of nitrogens with one attached hydrogen (secondary N) is 1. The van der Waals surface area contributed by atoms with Crippen LogP contribution in [0.2, 0.25) is 5.15 Å². The van der Waals surface area contributed by atoms with E-state index >= 15 is 0 Å². The van der Waals surface area contributed by atoms with Crippen LogP contribution in [-0.2, 0) is 0 Å². The van der Waals surface area contributed by atoms with E-state index < -0.39 is 0 Å². The fraction of sp³-hybridized carbons (Fsp3) is 0.316. The monoisotopic (exact) mass is 354 g/mol. The van der Waals surface area contributed by atoms with Gasteiger partial charge in [0, 0.05) is 12.2 Å². The van der Waals surface area contributed by atoms with Crippen molar-refractivity contribution in [2.45, 2.75) is 38.1 Å². The first-order valence-electron chi connectivity index (χ1n) is 8.62. The minimum atomic E-state index is -0.225. The smallest absolute Gasteiger partial charge is 0.259 e. The van der Waals surface area contributed by atoms with Gasteiger partial charge in [-0.3, -0.25) is 10.1 Å². The molecule has 1 aliphatic rings. The number of fused-ring (bicyclic) bond motifs is 1. The van der Waals surface area contributed by atoms with Crippen LogP contribution in [0.5, 0.6) is 0 Å². The van der Waals surface area contributed by atoms with E-state index in [2.05, 4.69) is 25.9 Å². The van der Waals surface area contributed by atoms with Crippen LogP contribution in [0.4, 0.5) is 5.95 Å². The number of para-hydroxylation sites is 2. The Morgan fingerprint density at radius 2 is 1.92 bits per heavy atom. The summed E-state index contributed by atoms with van der Waals surface area (Å²) in [7, 11) is 0. The molecule has 1 amide bonds. The van der Waals surface area contributed by atoms with Crippen LogP contribution in [0.1, 0.15) is 48.5 Å². The van der Waals surface area contributed by atoms with Crippen LogP contribution < -0.4 is 5.32 Å². The number of benzene rings is 1. The van der Waals surface area contributed by atoms with Gasteiger partial charge in [-0.15, -0.1) is 0 Å². The fourth-order valence-electron chi connectivity index (χ4n) is 3.53. The Kier molecular flexibility index (Phi) is 4.40. The number of hydrogen-bond acceptors (Lipinski definition) is 3. The number of pyridine rings is 1. The highest BCUT2D eigenvalue weighted by molar-refractivity contribution is 6.29. The predicted molar refractivity (Wildman–Crippen MR) is 99.1 cm³/mol. The summed E-state index contributed by atoms with van der Waals surface area (Å²) in [4.78, 5) is 21.2. The molecule has 128 valence electrons. The minimum absolute atomic E-state index is 0.225. The highest BCUT2D eigenvalue weighted by atomic mass is 35.5. The maximum atomic E-state index is 12.6. The van der Waals surface area contributed by atoms with Crippen LogP contribution in [-0.4, -0.2) is 20.4 Å². The minimum Gasteiger partial charge on any atom is -0.307 e. The van der Waals surface area contributed by atoms with Crippen LogP contribution in [0.3, 0.4) is 0 Å². The quantitative estimate of drug-likeness (QED) is 0.684. The van der Waals surface area contributed by atoms with Gasteiger partial charge in [-0.1, -0.05) is 43.0 Å². The molecule has 0 aliphatic heterocycles. The first kappa shape index (κ1) is 16.1. The highest BCUT2D eigenvalue weighted by Crippen LogP contribution is 2.34. The SMILES string of the molecule is O=C(Nc1nc2ccccc2n1C1CCCCC1)c1ccc(Cl)nc1. The largest absolute Gasteiger partial charge is 0.307 e. The Morgan fingerprint density at radius 3 is 2.68 bits per heavy atom. The van der Waals surface area contributed by atoms with Crippen molar-refractivity contribution in [2.75, 3.05) is 5.32 Å². The number of carbonyl (C=O) groups excluding carboxylic acids is 1. The first-order valence-corrected chi connectivity index (χ1v) is 9.00. The molecule has 0 spiro atoms. The van der Waals surface area contributed by atoms with E-state index in [1.165, 1.54) is 25.5 Å². The van der Waals surface area contributed by atoms with Crippen LogP contribution >= 0.6 is 11.6 Å². The molecule has 1 aliphatic carbocycles. The number of hydrogen-bond donors (Lipinski definition) is 1. The van der Waals surface area contributed by atoms with Gasteiger partial charge in [0.25, 0.3) is 5.91 Å². The van der Waals surface area contributed by atoms with Crippen molar-refractivity contribution in [3.8, 4) is 0 Å². The fourth-order valence-corrected chi connectivity index (χ4v) is 3.64. The van der Waals surface area contributed by atoms with Crippen molar-refractivity contribution in [1.82, 2.24) is 14.5 Å². The Balaban J connectivity index is 1.70. The van der Waals surface area contributed by atoms with Crippen molar-refractivity contribution in [3.63, 3.8) is 0 Å². The lowest BCUT2D eigenvalue weighted by Crippen LogP contribution is -2.20. The molecule has 6 heteroatoms. The summed E-state index contributed by atoms with van der Waals surface area (Å²) in [5.41, 5.74) is 2.43. The van der Waals surface area contributed by atoms with Gasteiger partial charge < -0.3 is 4.57 Å². The predicted octanol–water partition coefficient (Wildman–Crippen LogP) is 4.84. The van der Waals surface area contributed by atoms with E-state index in [-0.39, 0.29) is 5.91 Å². The van der Waals surface area contributed by atoms with E-state index in [1.54, 1.807) is 12.1 Å². The summed E-state index contributed by atoms with van der Waals surface area (Å²) >= 11 is 5.80.